The molecule has 2 aliphatic rings. The average molecular weight is 535 g/mol. The Labute approximate surface area is 215 Å². The number of hydrogen-bond donors (Lipinski definition) is 3. The molecule has 4 heterocycles. The highest BCUT2D eigenvalue weighted by Gasteiger charge is 2.33. The van der Waals surface area contributed by atoms with Gasteiger partial charge in [-0.2, -0.15) is 0 Å². The first-order valence-corrected chi connectivity index (χ1v) is 12.1. The van der Waals surface area contributed by atoms with Crippen molar-refractivity contribution in [2.24, 2.45) is 0 Å². The van der Waals surface area contributed by atoms with E-state index in [1.165, 1.54) is 23.4 Å². The van der Waals surface area contributed by atoms with E-state index in [1.54, 1.807) is 6.07 Å². The maximum Gasteiger partial charge on any atom is 0.413 e. The van der Waals surface area contributed by atoms with Crippen molar-refractivity contribution in [1.29, 1.82) is 0 Å². The summed E-state index contributed by atoms with van der Waals surface area (Å²) in [6, 6.07) is 3.08. The number of nitrogen functional groups attached to an aromatic ring is 1. The second-order valence-electron chi connectivity index (χ2n) is 9.22. The van der Waals surface area contributed by atoms with Gasteiger partial charge in [-0.15, -0.1) is 0 Å². The average Bonchev–Trinajstić information content (AvgIpc) is 2.88. The van der Waals surface area contributed by atoms with Gasteiger partial charge in [-0.1, -0.05) is 0 Å². The number of halogens is 4. The van der Waals surface area contributed by atoms with Gasteiger partial charge in [-0.3, -0.25) is 10.2 Å². The van der Waals surface area contributed by atoms with E-state index in [9.17, 15) is 18.0 Å². The van der Waals surface area contributed by atoms with E-state index in [0.29, 0.717) is 41.1 Å². The number of nitrogens with zero attached hydrogens (tertiary/aromatic N) is 3. The Bertz CT molecular complexity index is 1370. The SMILES string of the molecule is Cc1c(-c2cc3cc(NC(=O)O[C@H]4CCN(CC(F)F)C[C@H]4F)ncc3c(N)c2F)cnc2c1NCCO2. The van der Waals surface area contributed by atoms with Gasteiger partial charge in [0.1, 0.15) is 30.4 Å². The van der Waals surface area contributed by atoms with Gasteiger partial charge in [0.25, 0.3) is 6.43 Å². The number of likely N-dealkylation sites (tertiary alicyclic amines) is 1. The van der Waals surface area contributed by atoms with Gasteiger partial charge in [0, 0.05) is 55.0 Å². The van der Waals surface area contributed by atoms with E-state index < -0.39 is 37.2 Å². The van der Waals surface area contributed by atoms with Crippen LogP contribution in [0.1, 0.15) is 12.0 Å². The lowest BCUT2D eigenvalue weighted by Crippen LogP contribution is -2.48. The zero-order valence-corrected chi connectivity index (χ0v) is 20.4. The van der Waals surface area contributed by atoms with Crippen molar-refractivity contribution in [1.82, 2.24) is 14.9 Å². The van der Waals surface area contributed by atoms with E-state index in [1.807, 2.05) is 6.92 Å². The number of pyridine rings is 2. The number of alkyl halides is 3. The lowest BCUT2D eigenvalue weighted by Gasteiger charge is -2.33. The fraction of sp³-hybridized carbons (Fsp3) is 0.400. The molecule has 0 bridgehead atoms. The minimum absolute atomic E-state index is 0.0830. The smallest absolute Gasteiger partial charge is 0.413 e. The van der Waals surface area contributed by atoms with E-state index in [2.05, 4.69) is 20.6 Å². The topological polar surface area (TPSA) is 115 Å². The molecule has 1 saturated heterocycles. The summed E-state index contributed by atoms with van der Waals surface area (Å²) in [5.41, 5.74) is 8.13. The Morgan fingerprint density at radius 2 is 2.13 bits per heavy atom. The number of anilines is 3. The van der Waals surface area contributed by atoms with Crippen LogP contribution in [0.25, 0.3) is 21.9 Å². The van der Waals surface area contributed by atoms with Gasteiger partial charge in [-0.25, -0.2) is 32.3 Å². The van der Waals surface area contributed by atoms with E-state index in [0.717, 1.165) is 5.56 Å². The molecule has 4 N–H and O–H groups in total. The second kappa shape index (κ2) is 10.5. The predicted octanol–water partition coefficient (Wildman–Crippen LogP) is 4.36. The van der Waals surface area contributed by atoms with Crippen molar-refractivity contribution in [3.63, 3.8) is 0 Å². The van der Waals surface area contributed by atoms with Gasteiger partial charge in [0.15, 0.2) is 5.82 Å². The van der Waals surface area contributed by atoms with Gasteiger partial charge in [0.05, 0.1) is 12.2 Å². The number of hydrogen-bond acceptors (Lipinski definition) is 8. The van der Waals surface area contributed by atoms with Gasteiger partial charge < -0.3 is 20.5 Å². The number of amides is 1. The highest BCUT2D eigenvalue weighted by Crippen LogP contribution is 2.39. The van der Waals surface area contributed by atoms with Crippen molar-refractivity contribution < 1.29 is 31.8 Å². The van der Waals surface area contributed by atoms with Crippen molar-refractivity contribution in [2.45, 2.75) is 32.0 Å². The molecule has 3 aromatic rings. The lowest BCUT2D eigenvalue weighted by atomic mass is 9.97. The van der Waals surface area contributed by atoms with Crippen LogP contribution in [-0.2, 0) is 4.74 Å². The molecule has 0 saturated carbocycles. The highest BCUT2D eigenvalue weighted by atomic mass is 19.3. The minimum Gasteiger partial charge on any atom is -0.474 e. The number of piperidine rings is 1. The van der Waals surface area contributed by atoms with Crippen molar-refractivity contribution >= 4 is 34.1 Å². The first kappa shape index (κ1) is 25.8. The third-order valence-corrected chi connectivity index (χ3v) is 6.69. The maximum absolute atomic E-state index is 15.3. The van der Waals surface area contributed by atoms with Crippen LogP contribution >= 0.6 is 0 Å². The molecule has 1 amide bonds. The number of carbonyl (C=O) groups excluding carboxylic acids is 1. The maximum atomic E-state index is 15.3. The molecule has 38 heavy (non-hydrogen) atoms. The number of nitrogens with one attached hydrogen (secondary N) is 2. The summed E-state index contributed by atoms with van der Waals surface area (Å²) in [5, 5.41) is 6.49. The molecule has 0 radical (unpaired) electrons. The van der Waals surface area contributed by atoms with Crippen LogP contribution in [-0.4, -0.2) is 72.4 Å². The second-order valence-corrected chi connectivity index (χ2v) is 9.22. The van der Waals surface area contributed by atoms with Crippen molar-refractivity contribution in [3.8, 4) is 17.0 Å². The van der Waals surface area contributed by atoms with Crippen LogP contribution in [0.4, 0.5) is 39.5 Å². The first-order valence-electron chi connectivity index (χ1n) is 12.1. The third-order valence-electron chi connectivity index (χ3n) is 6.69. The Hall–Kier alpha value is -3.87. The number of benzene rings is 1. The Morgan fingerprint density at radius 1 is 1.32 bits per heavy atom. The molecule has 1 aromatic carbocycles. The van der Waals surface area contributed by atoms with Crippen LogP contribution in [0.5, 0.6) is 5.88 Å². The fourth-order valence-electron chi connectivity index (χ4n) is 4.77. The largest absolute Gasteiger partial charge is 0.474 e. The third kappa shape index (κ3) is 5.10. The highest BCUT2D eigenvalue weighted by molar-refractivity contribution is 5.99. The standard InChI is InChI=1S/C25H26F4N6O3/c1-12-15(8-33-24-23(12)31-3-5-37-24)14-6-13-7-20(32-9-16(13)22(30)21(14)29)34-25(36)38-18-2-4-35(10-17(18)26)11-19(27)28/h6-9,17-19,31H,2-5,10-11,30H2,1H3,(H,32,34,36)/t17-,18+/m1/s1. The molecule has 2 aromatic heterocycles. The van der Waals surface area contributed by atoms with Gasteiger partial charge >= 0.3 is 6.09 Å². The number of carbonyl (C=O) groups is 1. The fourth-order valence-corrected chi connectivity index (χ4v) is 4.77. The normalized spacial score (nSPS) is 19.5. The molecule has 0 spiro atoms. The molecule has 1 fully saturated rings. The monoisotopic (exact) mass is 534 g/mol. The van der Waals surface area contributed by atoms with E-state index >= 15 is 4.39 Å². The van der Waals surface area contributed by atoms with Gasteiger partial charge in [-0.05, 0) is 30.0 Å². The molecule has 13 heteroatoms. The zero-order valence-electron chi connectivity index (χ0n) is 20.4. The first-order chi connectivity index (χ1) is 18.2. The molecule has 0 aliphatic carbocycles. The predicted molar refractivity (Wildman–Crippen MR) is 134 cm³/mol. The Kier molecular flexibility index (Phi) is 7.11. The zero-order chi connectivity index (χ0) is 27.0. The molecule has 202 valence electrons. The summed E-state index contributed by atoms with van der Waals surface area (Å²) >= 11 is 0. The summed E-state index contributed by atoms with van der Waals surface area (Å²) in [5.74, 6) is -0.107. The molecule has 9 nitrogen and oxygen atoms in total. The molecule has 5 rings (SSSR count). The molecule has 0 unspecified atom stereocenters. The number of nitrogens with two attached hydrogens (primary N) is 1. The van der Waals surface area contributed by atoms with Crippen LogP contribution in [0, 0.1) is 12.7 Å². The lowest BCUT2D eigenvalue weighted by molar-refractivity contribution is -0.0188. The summed E-state index contributed by atoms with van der Waals surface area (Å²) < 4.78 is 65.6. The number of fused-ring (bicyclic) bond motifs is 2. The van der Waals surface area contributed by atoms with Crippen LogP contribution in [0.3, 0.4) is 0 Å². The minimum atomic E-state index is -2.57. The molecule has 2 atom stereocenters. The summed E-state index contributed by atoms with van der Waals surface area (Å²) in [6.07, 6.45) is -3.26. The molecule has 2 aliphatic heterocycles. The van der Waals surface area contributed by atoms with E-state index in [-0.39, 0.29) is 36.6 Å². The summed E-state index contributed by atoms with van der Waals surface area (Å²) in [4.78, 5) is 22.1. The van der Waals surface area contributed by atoms with Crippen LogP contribution in [0.15, 0.2) is 24.5 Å². The Balaban J connectivity index is 1.35. The van der Waals surface area contributed by atoms with E-state index in [4.69, 9.17) is 15.2 Å². The van der Waals surface area contributed by atoms with Gasteiger partial charge in [0.2, 0.25) is 5.88 Å². The van der Waals surface area contributed by atoms with Crippen molar-refractivity contribution in [3.05, 3.63) is 35.9 Å². The Morgan fingerprint density at radius 3 is 2.89 bits per heavy atom. The van der Waals surface area contributed by atoms with Crippen LogP contribution in [0.2, 0.25) is 0 Å². The van der Waals surface area contributed by atoms with Crippen molar-refractivity contribution in [2.75, 3.05) is 49.2 Å². The van der Waals surface area contributed by atoms with Crippen LogP contribution < -0.4 is 21.1 Å². The summed E-state index contributed by atoms with van der Waals surface area (Å²) in [6.45, 7) is 2.30. The quantitative estimate of drug-likeness (QED) is 0.327. The molecular formula is C25H26F4N6O3. The number of ether oxygens (including phenoxy) is 2. The number of aromatic nitrogens is 2. The number of rotatable bonds is 5. The summed E-state index contributed by atoms with van der Waals surface area (Å²) in [7, 11) is 0. The molecular weight excluding hydrogens is 508 g/mol.